The fourth-order valence-electron chi connectivity index (χ4n) is 2.89. The lowest BCUT2D eigenvalue weighted by Crippen LogP contribution is -2.45. The molecule has 10 nitrogen and oxygen atoms in total. The number of methoxy groups -OCH3 is 1. The lowest BCUT2D eigenvalue weighted by atomic mass is 9.75. The molecule has 168 valence electrons. The van der Waals surface area contributed by atoms with Crippen molar-refractivity contribution >= 4 is 13.1 Å². The second-order valence-corrected chi connectivity index (χ2v) is 7.30. The van der Waals surface area contributed by atoms with E-state index >= 15 is 0 Å². The molecule has 0 spiro atoms. The van der Waals surface area contributed by atoms with Gasteiger partial charge in [0.15, 0.2) is 0 Å². The summed E-state index contributed by atoms with van der Waals surface area (Å²) in [6, 6.07) is 4.65. The maximum absolute atomic E-state index is 11.3. The molecule has 3 rings (SSSR count). The number of aromatic carboxylic acids is 1. The van der Waals surface area contributed by atoms with Crippen molar-refractivity contribution in [1.29, 1.82) is 0 Å². The summed E-state index contributed by atoms with van der Waals surface area (Å²) in [4.78, 5) is 11.3. The molecule has 1 atom stereocenters. The Morgan fingerprint density at radius 2 is 2.03 bits per heavy atom. The fourth-order valence-corrected chi connectivity index (χ4v) is 2.89. The quantitative estimate of drug-likeness (QED) is 0.342. The van der Waals surface area contributed by atoms with Crippen molar-refractivity contribution in [3.63, 3.8) is 0 Å². The molecule has 0 amide bonds. The van der Waals surface area contributed by atoms with Gasteiger partial charge in [0.25, 0.3) is 0 Å². The summed E-state index contributed by atoms with van der Waals surface area (Å²) in [5.41, 5.74) is 7.09. The van der Waals surface area contributed by atoms with Crippen LogP contribution in [-0.2, 0) is 19.5 Å². The van der Waals surface area contributed by atoms with Gasteiger partial charge in [0.2, 0.25) is 0 Å². The first kappa shape index (κ1) is 24.4. The summed E-state index contributed by atoms with van der Waals surface area (Å²) in [7, 11) is -0.350. The number of ether oxygens (including phenoxy) is 1. The van der Waals surface area contributed by atoms with Crippen LogP contribution in [-0.4, -0.2) is 56.3 Å². The predicted molar refractivity (Wildman–Crippen MR) is 116 cm³/mol. The van der Waals surface area contributed by atoms with E-state index in [4.69, 9.17) is 10.5 Å². The number of carboxylic acids is 1. The second kappa shape index (κ2) is 12.1. The third-order valence-corrected chi connectivity index (χ3v) is 4.87. The molecule has 11 heteroatoms. The summed E-state index contributed by atoms with van der Waals surface area (Å²) in [6.07, 6.45) is 7.77. The highest BCUT2D eigenvalue weighted by Gasteiger charge is 2.26. The molecule has 1 aromatic carbocycles. The number of nitrogens with two attached hydrogens (primary N) is 1. The molecule has 1 aromatic heterocycles. The van der Waals surface area contributed by atoms with Gasteiger partial charge in [-0.25, -0.2) is 9.48 Å². The Balaban J connectivity index is 0.000000762. The van der Waals surface area contributed by atoms with Gasteiger partial charge in [-0.1, -0.05) is 49.6 Å². The van der Waals surface area contributed by atoms with E-state index in [9.17, 15) is 19.9 Å². The van der Waals surface area contributed by atoms with E-state index in [1.165, 1.54) is 43.5 Å². The normalized spacial score (nSPS) is 13.3. The van der Waals surface area contributed by atoms with Gasteiger partial charge in [-0.3, -0.25) is 0 Å². The summed E-state index contributed by atoms with van der Waals surface area (Å²) in [5, 5.41) is 39.4. The van der Waals surface area contributed by atoms with Crippen LogP contribution in [0.2, 0.25) is 0 Å². The number of carboxylic acid groups (broad SMARTS) is 1. The van der Waals surface area contributed by atoms with Crippen molar-refractivity contribution in [2.45, 2.75) is 51.1 Å². The minimum Gasteiger partial charge on any atom is -0.496 e. The molecular formula is C20H30BN5O5. The maximum Gasteiger partial charge on any atom is 0.475 e. The zero-order valence-electron chi connectivity index (χ0n) is 17.7. The lowest BCUT2D eigenvalue weighted by molar-refractivity contribution is 0.0693. The number of allylic oxidation sites excluding steroid dienone is 1. The number of benzene rings is 1. The second-order valence-electron chi connectivity index (χ2n) is 7.30. The van der Waals surface area contributed by atoms with Gasteiger partial charge >= 0.3 is 13.1 Å². The first-order valence-electron chi connectivity index (χ1n) is 10.1. The molecule has 1 unspecified atom stereocenters. The first-order chi connectivity index (χ1) is 14.8. The molecule has 0 radical (unpaired) electrons. The van der Waals surface area contributed by atoms with E-state index in [1.54, 1.807) is 18.3 Å². The molecule has 6 N–H and O–H groups in total. The van der Waals surface area contributed by atoms with E-state index in [0.717, 1.165) is 0 Å². The summed E-state index contributed by atoms with van der Waals surface area (Å²) >= 11 is 0. The van der Waals surface area contributed by atoms with E-state index in [2.05, 4.69) is 22.2 Å². The Bertz CT molecular complexity index is 865. The van der Waals surface area contributed by atoms with Crippen LogP contribution in [0.3, 0.4) is 0 Å². The maximum atomic E-state index is 11.3. The average molecular weight is 431 g/mol. The number of hydrogen-bond acceptors (Lipinski definition) is 8. The minimum absolute atomic E-state index is 0.00284. The monoisotopic (exact) mass is 431 g/mol. The lowest BCUT2D eigenvalue weighted by Gasteiger charge is -2.22. The number of nitrogens with zero attached hydrogens (tertiary/aromatic N) is 3. The van der Waals surface area contributed by atoms with Gasteiger partial charge < -0.3 is 30.9 Å². The van der Waals surface area contributed by atoms with E-state index in [-0.39, 0.29) is 30.8 Å². The Morgan fingerprint density at radius 3 is 2.52 bits per heavy atom. The Kier molecular flexibility index (Phi) is 9.51. The van der Waals surface area contributed by atoms with E-state index in [1.807, 2.05) is 0 Å². The third-order valence-electron chi connectivity index (χ3n) is 4.87. The predicted octanol–water partition coefficient (Wildman–Crippen LogP) is 0.731. The van der Waals surface area contributed by atoms with Crippen molar-refractivity contribution in [2.75, 3.05) is 7.11 Å². The molecule has 1 heterocycles. The standard InChI is InChI=1S/C16H22BN5O5.C4H8/c1-10(8-22-9-12(7-18)20-21-22)19-14(17(25)26)6-11-4-3-5-13(16(23)24)15(11)27-2;1-2-4-3-1/h3-5,9,14,19,25-26H,1,6-8,18H2,2H3,(H,23,24);1-4H2. The molecule has 1 fully saturated rings. The van der Waals surface area contributed by atoms with Crippen molar-refractivity contribution in [3.05, 3.63) is 53.5 Å². The number of carbonyl (C=O) groups is 1. The van der Waals surface area contributed by atoms with Crippen LogP contribution in [0, 0.1) is 0 Å². The molecule has 0 saturated heterocycles. The smallest absolute Gasteiger partial charge is 0.475 e. The van der Waals surface area contributed by atoms with Crippen LogP contribution < -0.4 is 15.8 Å². The van der Waals surface area contributed by atoms with Crippen molar-refractivity contribution in [3.8, 4) is 5.75 Å². The van der Waals surface area contributed by atoms with Crippen LogP contribution >= 0.6 is 0 Å². The number of aromatic nitrogens is 3. The largest absolute Gasteiger partial charge is 0.496 e. The van der Waals surface area contributed by atoms with Gasteiger partial charge in [-0.2, -0.15) is 0 Å². The highest BCUT2D eigenvalue weighted by Crippen LogP contribution is 2.25. The van der Waals surface area contributed by atoms with E-state index in [0.29, 0.717) is 17.0 Å². The molecule has 2 aromatic rings. The topological polar surface area (TPSA) is 156 Å². The summed E-state index contributed by atoms with van der Waals surface area (Å²) < 4.78 is 6.72. The van der Waals surface area contributed by atoms with Crippen molar-refractivity contribution in [2.24, 2.45) is 5.73 Å². The average Bonchev–Trinajstić information content (AvgIpc) is 3.13. The molecule has 1 aliphatic rings. The number of para-hydroxylation sites is 1. The number of hydrogen-bond donors (Lipinski definition) is 5. The van der Waals surface area contributed by atoms with Gasteiger partial charge in [0, 0.05) is 12.2 Å². The molecule has 0 aliphatic heterocycles. The summed E-state index contributed by atoms with van der Waals surface area (Å²) in [6.45, 7) is 4.37. The van der Waals surface area contributed by atoms with Gasteiger partial charge in [0.05, 0.1) is 31.5 Å². The van der Waals surface area contributed by atoms with Crippen LogP contribution in [0.4, 0.5) is 0 Å². The SMILES string of the molecule is C1CCC1.C=C(Cn1cc(CN)nn1)NC(Cc1cccc(C(=O)O)c1OC)B(O)O. The number of rotatable bonds is 10. The van der Waals surface area contributed by atoms with E-state index < -0.39 is 19.0 Å². The molecule has 0 bridgehead atoms. The zero-order valence-corrected chi connectivity index (χ0v) is 17.7. The summed E-state index contributed by atoms with van der Waals surface area (Å²) in [5.74, 6) is -1.80. The number of nitrogens with one attached hydrogen (secondary N) is 1. The molecule has 1 aliphatic carbocycles. The van der Waals surface area contributed by atoms with Crippen LogP contribution in [0.15, 0.2) is 36.7 Å². The van der Waals surface area contributed by atoms with Crippen LogP contribution in [0.25, 0.3) is 0 Å². The van der Waals surface area contributed by atoms with Crippen molar-refractivity contribution < 1.29 is 24.7 Å². The fraction of sp³-hybridized carbons (Fsp3) is 0.450. The first-order valence-corrected chi connectivity index (χ1v) is 10.1. The third kappa shape index (κ3) is 7.39. The van der Waals surface area contributed by atoms with Gasteiger partial charge in [-0.15, -0.1) is 5.10 Å². The highest BCUT2D eigenvalue weighted by molar-refractivity contribution is 6.43. The Hall–Kier alpha value is -2.89. The van der Waals surface area contributed by atoms with Crippen LogP contribution in [0.1, 0.15) is 47.3 Å². The minimum atomic E-state index is -1.71. The van der Waals surface area contributed by atoms with Crippen LogP contribution in [0.5, 0.6) is 5.75 Å². The zero-order chi connectivity index (χ0) is 22.8. The Morgan fingerprint density at radius 1 is 1.35 bits per heavy atom. The Labute approximate surface area is 181 Å². The van der Waals surface area contributed by atoms with Gasteiger partial charge in [-0.05, 0) is 18.1 Å². The molecule has 1 saturated carbocycles. The molecular weight excluding hydrogens is 401 g/mol. The highest BCUT2D eigenvalue weighted by atomic mass is 16.5. The van der Waals surface area contributed by atoms with Crippen molar-refractivity contribution in [1.82, 2.24) is 20.3 Å². The van der Waals surface area contributed by atoms with Gasteiger partial charge in [0.1, 0.15) is 11.3 Å². The molecule has 31 heavy (non-hydrogen) atoms.